The molecule has 3 rings (SSSR count). The van der Waals surface area contributed by atoms with Crippen LogP contribution in [0.15, 0.2) is 48.7 Å². The number of benzene rings is 2. The van der Waals surface area contributed by atoms with Gasteiger partial charge in [0.1, 0.15) is 0 Å². The molecular formula is C18H23B6N. The van der Waals surface area contributed by atoms with Gasteiger partial charge >= 0.3 is 0 Å². The highest BCUT2D eigenvalue weighted by molar-refractivity contribution is 6.60. The van der Waals surface area contributed by atoms with Gasteiger partial charge in [0, 0.05) is 17.1 Å². The van der Waals surface area contributed by atoms with Crippen LogP contribution in [0.1, 0.15) is 16.7 Å². The molecule has 0 radical (unpaired) electrons. The first-order valence-corrected chi connectivity index (χ1v) is 9.07. The van der Waals surface area contributed by atoms with Crippen LogP contribution in [-0.2, 0) is 10.2 Å². The second kappa shape index (κ2) is 6.20. The molecule has 0 aliphatic rings. The van der Waals surface area contributed by atoms with Crippen molar-refractivity contribution in [3.05, 3.63) is 65.4 Å². The predicted molar refractivity (Wildman–Crippen MR) is 127 cm³/mol. The molecule has 7 heteroatoms. The molecule has 0 fully saturated rings. The molecule has 0 spiro atoms. The van der Waals surface area contributed by atoms with E-state index in [1.54, 1.807) is 0 Å². The summed E-state index contributed by atoms with van der Waals surface area (Å²) in [4.78, 5) is 4.76. The van der Waals surface area contributed by atoms with Crippen molar-refractivity contribution in [2.45, 2.75) is 17.1 Å². The van der Waals surface area contributed by atoms with Gasteiger partial charge < -0.3 is 0 Å². The first kappa shape index (κ1) is 18.0. The largest absolute Gasteiger partial charge is 0.256 e. The van der Waals surface area contributed by atoms with Gasteiger partial charge in [0.05, 0.1) is 52.8 Å². The van der Waals surface area contributed by atoms with E-state index in [4.69, 9.17) is 4.98 Å². The van der Waals surface area contributed by atoms with E-state index in [1.165, 1.54) is 33.0 Å². The number of fused-ring (bicyclic) bond motifs is 1. The van der Waals surface area contributed by atoms with Crippen LogP contribution in [0.25, 0.3) is 22.0 Å². The maximum atomic E-state index is 4.76. The van der Waals surface area contributed by atoms with E-state index in [1.807, 2.05) is 6.20 Å². The van der Waals surface area contributed by atoms with Gasteiger partial charge in [-0.15, -0.1) is 0 Å². The van der Waals surface area contributed by atoms with Gasteiger partial charge in [-0.2, -0.15) is 0 Å². The maximum Gasteiger partial charge on any atom is 0.0955 e. The van der Waals surface area contributed by atoms with Crippen molar-refractivity contribution in [2.24, 2.45) is 0 Å². The lowest BCUT2D eigenvalue weighted by Crippen LogP contribution is -2.30. The van der Waals surface area contributed by atoms with Crippen molar-refractivity contribution >= 4 is 57.9 Å². The van der Waals surface area contributed by atoms with Crippen LogP contribution in [0.3, 0.4) is 0 Å². The third-order valence-corrected chi connectivity index (χ3v) is 4.86. The lowest BCUT2D eigenvalue weighted by Gasteiger charge is -2.26. The van der Waals surface area contributed by atoms with E-state index in [0.717, 1.165) is 5.69 Å². The Morgan fingerprint density at radius 2 is 1.36 bits per heavy atom. The highest BCUT2D eigenvalue weighted by atomic mass is 14.7. The second-order valence-corrected chi connectivity index (χ2v) is 9.18. The third kappa shape index (κ3) is 3.76. The molecule has 118 valence electrons. The van der Waals surface area contributed by atoms with Gasteiger partial charge in [0.25, 0.3) is 0 Å². The van der Waals surface area contributed by atoms with Crippen LogP contribution in [0.5, 0.6) is 0 Å². The predicted octanol–water partition coefficient (Wildman–Crippen LogP) is -1.77. The lowest BCUT2D eigenvalue weighted by atomic mass is 9.37. The Bertz CT molecular complexity index is 908. The maximum absolute atomic E-state index is 4.76. The zero-order valence-electron chi connectivity index (χ0n) is 16.6. The molecule has 1 aromatic heterocycles. The van der Waals surface area contributed by atoms with Gasteiger partial charge in [0.15, 0.2) is 0 Å². The minimum atomic E-state index is 0.108. The Balaban J connectivity index is 2.32. The van der Waals surface area contributed by atoms with Gasteiger partial charge in [-0.3, -0.25) is 4.98 Å². The fourth-order valence-electron chi connectivity index (χ4n) is 3.14. The molecular weight excluding hydrogens is 295 g/mol. The molecule has 0 aliphatic carbocycles. The third-order valence-electron chi connectivity index (χ3n) is 4.86. The van der Waals surface area contributed by atoms with Crippen molar-refractivity contribution < 1.29 is 0 Å². The van der Waals surface area contributed by atoms with Gasteiger partial charge in [0.2, 0.25) is 0 Å². The molecule has 1 heterocycles. The van der Waals surface area contributed by atoms with E-state index in [9.17, 15) is 0 Å². The Kier molecular flexibility index (Phi) is 4.47. The molecule has 3 aromatic rings. The smallest absolute Gasteiger partial charge is 0.0955 e. The van der Waals surface area contributed by atoms with Crippen LogP contribution in [0, 0.1) is 6.92 Å². The Hall–Kier alpha value is -1.76. The number of aryl methyl sites for hydroxylation is 1. The number of aromatic nitrogens is 1. The fraction of sp³-hybridized carbons (Fsp3) is 0.167. The molecule has 0 amide bonds. The molecule has 0 unspecified atom stereocenters. The van der Waals surface area contributed by atoms with Gasteiger partial charge in [-0.05, 0) is 24.4 Å². The average Bonchev–Trinajstić information content (AvgIpc) is 2.52. The monoisotopic (exact) mass is 319 g/mol. The highest BCUT2D eigenvalue weighted by Gasteiger charge is 2.21. The number of nitrogens with zero attached hydrogens (tertiary/aromatic N) is 1. The number of rotatable bonds is 3. The van der Waals surface area contributed by atoms with Crippen molar-refractivity contribution in [1.29, 1.82) is 0 Å². The molecule has 1 nitrogen and oxygen atoms in total. The molecule has 25 heavy (non-hydrogen) atoms. The van der Waals surface area contributed by atoms with E-state index in [-0.39, 0.29) is 10.2 Å². The van der Waals surface area contributed by atoms with Crippen molar-refractivity contribution in [1.82, 2.24) is 4.98 Å². The first-order valence-electron chi connectivity index (χ1n) is 9.07. The molecule has 0 saturated carbocycles. The summed E-state index contributed by atoms with van der Waals surface area (Å²) >= 11 is 0. The van der Waals surface area contributed by atoms with Crippen LogP contribution in [0.4, 0.5) is 0 Å². The summed E-state index contributed by atoms with van der Waals surface area (Å²) in [7, 11) is 13.7. The normalized spacial score (nSPS) is 12.4. The van der Waals surface area contributed by atoms with E-state index in [2.05, 4.69) is 96.5 Å². The van der Waals surface area contributed by atoms with Crippen molar-refractivity contribution in [3.8, 4) is 11.3 Å². The van der Waals surface area contributed by atoms with Crippen molar-refractivity contribution in [3.63, 3.8) is 0 Å². The average molecular weight is 318 g/mol. The summed E-state index contributed by atoms with van der Waals surface area (Å²) in [6.45, 7) is 2.14. The number of pyridine rings is 1. The van der Waals surface area contributed by atoms with Crippen LogP contribution < -0.4 is 0 Å². The summed E-state index contributed by atoms with van der Waals surface area (Å²) in [5.41, 5.74) is 6.29. The zero-order chi connectivity index (χ0) is 18.4. The minimum Gasteiger partial charge on any atom is -0.256 e. The lowest BCUT2D eigenvalue weighted by molar-refractivity contribution is 1.16. The van der Waals surface area contributed by atoms with Crippen molar-refractivity contribution in [2.75, 3.05) is 0 Å². The van der Waals surface area contributed by atoms with E-state index >= 15 is 0 Å². The Morgan fingerprint density at radius 1 is 0.760 bits per heavy atom. The zero-order valence-corrected chi connectivity index (χ0v) is 16.6. The standard InChI is InChI=1S/C18H23B6N/c1-10-2-3-11-4-5-25-16(15(11)6-10)12-7-13(17(19,20)21)9-14(8-12)18(22,23)24/h2-9H,19-24H2,1H3. The molecule has 0 N–H and O–H groups in total. The summed E-state index contributed by atoms with van der Waals surface area (Å²) in [6, 6.07) is 15.7. The molecule has 2 aromatic carbocycles. The van der Waals surface area contributed by atoms with Crippen LogP contribution in [0.2, 0.25) is 0 Å². The molecule has 0 atom stereocenters. The quantitative estimate of drug-likeness (QED) is 0.521. The summed E-state index contributed by atoms with van der Waals surface area (Å²) in [5, 5.41) is 2.69. The Labute approximate surface area is 156 Å². The van der Waals surface area contributed by atoms with Gasteiger partial charge in [-0.25, -0.2) is 0 Å². The number of hydrogen-bond donors (Lipinski definition) is 0. The van der Waals surface area contributed by atoms with E-state index < -0.39 is 0 Å². The summed E-state index contributed by atoms with van der Waals surface area (Å²) < 4.78 is 0. The SMILES string of the molecule is BC(B)(B)c1cc(-c2nccc3ccc(C)cc23)cc(C(B)(B)B)c1. The highest BCUT2D eigenvalue weighted by Crippen LogP contribution is 2.32. The second-order valence-electron chi connectivity index (χ2n) is 9.18. The minimum absolute atomic E-state index is 0.108. The van der Waals surface area contributed by atoms with E-state index in [0.29, 0.717) is 0 Å². The number of hydrogen-bond acceptors (Lipinski definition) is 1. The molecule has 0 saturated heterocycles. The summed E-state index contributed by atoms with van der Waals surface area (Å²) in [5.74, 6) is 0. The molecule has 0 bridgehead atoms. The molecule has 0 aliphatic heterocycles. The van der Waals surface area contributed by atoms with Crippen LogP contribution in [-0.4, -0.2) is 52.1 Å². The van der Waals surface area contributed by atoms with Crippen LogP contribution >= 0.6 is 0 Å². The fourth-order valence-corrected chi connectivity index (χ4v) is 3.14. The summed E-state index contributed by atoms with van der Waals surface area (Å²) in [6.07, 6.45) is 1.92. The Morgan fingerprint density at radius 3 is 1.92 bits per heavy atom. The van der Waals surface area contributed by atoms with Gasteiger partial charge in [-0.1, -0.05) is 57.2 Å². The first-order chi connectivity index (χ1) is 11.6. The topological polar surface area (TPSA) is 12.9 Å².